The molecule has 16 heavy (non-hydrogen) atoms. The summed E-state index contributed by atoms with van der Waals surface area (Å²) in [6.07, 6.45) is -4.66. The third kappa shape index (κ3) is 4.43. The Hall–Kier alpha value is -0.0731. The lowest BCUT2D eigenvalue weighted by Crippen LogP contribution is -2.57. The second-order valence-corrected chi connectivity index (χ2v) is 8.73. The van der Waals surface area contributed by atoms with Gasteiger partial charge in [0.15, 0.2) is 0 Å². The van der Waals surface area contributed by atoms with Crippen molar-refractivity contribution in [2.24, 2.45) is 0 Å². The van der Waals surface area contributed by atoms with Gasteiger partial charge in [0.25, 0.3) is 0 Å². The van der Waals surface area contributed by atoms with Gasteiger partial charge in [-0.3, -0.25) is 0 Å². The zero-order chi connectivity index (χ0) is 13.0. The van der Waals surface area contributed by atoms with Crippen LogP contribution in [-0.2, 0) is 4.43 Å². The van der Waals surface area contributed by atoms with E-state index in [2.05, 4.69) is 0 Å². The normalized spacial score (nSPS) is 20.2. The number of alkyl halides is 3. The Balaban J connectivity index is 4.70. The molecule has 0 rings (SSSR count). The highest BCUT2D eigenvalue weighted by Crippen LogP contribution is 2.34. The Kier molecular flexibility index (Phi) is 5.48. The van der Waals surface area contributed by atoms with E-state index in [1.807, 2.05) is 0 Å². The number of aliphatic hydroxyl groups is 1. The van der Waals surface area contributed by atoms with E-state index in [1.165, 1.54) is 0 Å². The molecule has 2 atom stereocenters. The molecule has 0 aromatic heterocycles. The van der Waals surface area contributed by atoms with E-state index in [0.29, 0.717) is 13.0 Å². The van der Waals surface area contributed by atoms with Crippen LogP contribution in [-0.4, -0.2) is 31.4 Å². The van der Waals surface area contributed by atoms with Gasteiger partial charge in [-0.15, -0.1) is 0 Å². The van der Waals surface area contributed by atoms with Crippen molar-refractivity contribution in [2.75, 3.05) is 6.61 Å². The number of halogens is 3. The van der Waals surface area contributed by atoms with Crippen LogP contribution in [0.4, 0.5) is 13.2 Å². The first kappa shape index (κ1) is 15.9. The number of rotatable bonds is 6. The predicted molar refractivity (Wildman–Crippen MR) is 59.6 cm³/mol. The first-order valence-electron chi connectivity index (χ1n) is 5.51. The third-order valence-electron chi connectivity index (χ3n) is 3.18. The minimum Gasteiger partial charge on any atom is -0.415 e. The quantitative estimate of drug-likeness (QED) is 0.741. The first-order chi connectivity index (χ1) is 7.08. The van der Waals surface area contributed by atoms with Gasteiger partial charge in [-0.05, 0) is 32.9 Å². The molecule has 0 spiro atoms. The van der Waals surface area contributed by atoms with Crippen LogP contribution in [0.1, 0.15) is 33.6 Å². The zero-order valence-electron chi connectivity index (χ0n) is 10.3. The molecule has 0 aliphatic rings. The summed E-state index contributed by atoms with van der Waals surface area (Å²) in [5, 5.41) is 9.02. The molecule has 0 aliphatic carbocycles. The van der Waals surface area contributed by atoms with E-state index in [-0.39, 0.29) is 6.04 Å². The molecule has 0 bridgehead atoms. The summed E-state index contributed by atoms with van der Waals surface area (Å²) < 4.78 is 42.1. The molecule has 0 saturated heterocycles. The molecular formula is C10H21F3O2Si. The maximum absolute atomic E-state index is 12.2. The minimum absolute atomic E-state index is 0.0921. The van der Waals surface area contributed by atoms with Crippen molar-refractivity contribution in [1.82, 2.24) is 0 Å². The van der Waals surface area contributed by atoms with Crippen LogP contribution in [0.3, 0.4) is 0 Å². The summed E-state index contributed by atoms with van der Waals surface area (Å²) in [4.78, 5) is 0. The monoisotopic (exact) mass is 258 g/mol. The predicted octanol–water partition coefficient (Wildman–Crippen LogP) is 3.25. The highest BCUT2D eigenvalue weighted by atomic mass is 28.4. The summed E-state index contributed by atoms with van der Waals surface area (Å²) in [7, 11) is -2.75. The number of hydrogen-bond acceptors (Lipinski definition) is 2. The molecule has 2 unspecified atom stereocenters. The van der Waals surface area contributed by atoms with Gasteiger partial charge in [-0.2, -0.15) is 13.2 Å². The van der Waals surface area contributed by atoms with Crippen LogP contribution < -0.4 is 0 Å². The smallest absolute Gasteiger partial charge is 0.388 e. The van der Waals surface area contributed by atoms with Crippen molar-refractivity contribution in [3.63, 3.8) is 0 Å². The van der Waals surface area contributed by atoms with Gasteiger partial charge in [0.1, 0.15) is 0 Å². The Morgan fingerprint density at radius 3 is 2.06 bits per heavy atom. The van der Waals surface area contributed by atoms with E-state index in [4.69, 9.17) is 4.43 Å². The standard InChI is InChI=1S/C10H21F3O2Si/c1-5-9(3,14)16(4,15-6-2)8-7-10(11,12)13/h14H,5-8H2,1-4H3. The van der Waals surface area contributed by atoms with Crippen molar-refractivity contribution in [1.29, 1.82) is 0 Å². The van der Waals surface area contributed by atoms with Crippen LogP contribution in [0.25, 0.3) is 0 Å². The molecule has 0 heterocycles. The lowest BCUT2D eigenvalue weighted by Gasteiger charge is -2.40. The Labute approximate surface area is 95.9 Å². The highest BCUT2D eigenvalue weighted by molar-refractivity contribution is 6.75. The molecule has 0 amide bonds. The van der Waals surface area contributed by atoms with Crippen molar-refractivity contribution >= 4 is 8.32 Å². The summed E-state index contributed by atoms with van der Waals surface area (Å²) >= 11 is 0. The summed E-state index contributed by atoms with van der Waals surface area (Å²) in [6, 6.07) is -0.0921. The second-order valence-electron chi connectivity index (χ2n) is 4.41. The molecular weight excluding hydrogens is 237 g/mol. The molecule has 0 fully saturated rings. The maximum atomic E-state index is 12.2. The minimum atomic E-state index is -4.19. The second kappa shape index (κ2) is 5.51. The van der Waals surface area contributed by atoms with Crippen LogP contribution in [0.15, 0.2) is 0 Å². The van der Waals surface area contributed by atoms with E-state index in [9.17, 15) is 18.3 Å². The van der Waals surface area contributed by atoms with Crippen LogP contribution in [0, 0.1) is 0 Å². The van der Waals surface area contributed by atoms with Gasteiger partial charge in [-0.25, -0.2) is 0 Å². The average molecular weight is 258 g/mol. The van der Waals surface area contributed by atoms with Gasteiger partial charge in [0, 0.05) is 13.0 Å². The molecule has 0 saturated carbocycles. The number of hydrogen-bond donors (Lipinski definition) is 1. The van der Waals surface area contributed by atoms with Crippen molar-refractivity contribution in [3.05, 3.63) is 0 Å². The summed E-state index contributed by atoms with van der Waals surface area (Å²) in [5.41, 5.74) is 0. The molecule has 0 aromatic carbocycles. The molecule has 0 aliphatic heterocycles. The zero-order valence-corrected chi connectivity index (χ0v) is 11.3. The van der Waals surface area contributed by atoms with Gasteiger partial charge in [0.2, 0.25) is 8.32 Å². The third-order valence-corrected chi connectivity index (χ3v) is 7.94. The summed E-state index contributed by atoms with van der Waals surface area (Å²) in [5.74, 6) is 0. The van der Waals surface area contributed by atoms with Gasteiger partial charge in [-0.1, -0.05) is 6.92 Å². The Bertz CT molecular complexity index is 219. The topological polar surface area (TPSA) is 29.5 Å². The largest absolute Gasteiger partial charge is 0.415 e. The van der Waals surface area contributed by atoms with Crippen LogP contribution in [0.5, 0.6) is 0 Å². The van der Waals surface area contributed by atoms with E-state index < -0.39 is 26.1 Å². The summed E-state index contributed by atoms with van der Waals surface area (Å²) in [6.45, 7) is 7.09. The van der Waals surface area contributed by atoms with Gasteiger partial charge < -0.3 is 9.53 Å². The maximum Gasteiger partial charge on any atom is 0.388 e. The van der Waals surface area contributed by atoms with E-state index >= 15 is 0 Å². The lowest BCUT2D eigenvalue weighted by molar-refractivity contribution is -0.131. The molecule has 2 nitrogen and oxygen atoms in total. The first-order valence-corrected chi connectivity index (χ1v) is 8.12. The highest BCUT2D eigenvalue weighted by Gasteiger charge is 2.48. The Morgan fingerprint density at radius 1 is 1.25 bits per heavy atom. The van der Waals surface area contributed by atoms with E-state index in [0.717, 1.165) is 0 Å². The van der Waals surface area contributed by atoms with Gasteiger partial charge >= 0.3 is 6.18 Å². The molecule has 1 N–H and O–H groups in total. The SMILES string of the molecule is CCO[Si](C)(CCC(F)(F)F)C(C)(O)CC. The molecule has 98 valence electrons. The van der Waals surface area contributed by atoms with Crippen LogP contribution >= 0.6 is 0 Å². The van der Waals surface area contributed by atoms with Crippen molar-refractivity contribution < 1.29 is 22.7 Å². The average Bonchev–Trinajstić information content (AvgIpc) is 2.14. The fourth-order valence-electron chi connectivity index (χ4n) is 1.57. The Morgan fingerprint density at radius 2 is 1.75 bits per heavy atom. The lowest BCUT2D eigenvalue weighted by atomic mass is 10.3. The van der Waals surface area contributed by atoms with Gasteiger partial charge in [0.05, 0.1) is 5.22 Å². The van der Waals surface area contributed by atoms with E-state index in [1.54, 1.807) is 27.3 Å². The van der Waals surface area contributed by atoms with Crippen molar-refractivity contribution in [2.45, 2.75) is 57.6 Å². The van der Waals surface area contributed by atoms with Crippen LogP contribution in [0.2, 0.25) is 12.6 Å². The molecule has 0 radical (unpaired) electrons. The fraction of sp³-hybridized carbons (Fsp3) is 1.00. The molecule has 0 aromatic rings. The molecule has 6 heteroatoms. The fourth-order valence-corrected chi connectivity index (χ4v) is 4.71. The van der Waals surface area contributed by atoms with Crippen molar-refractivity contribution in [3.8, 4) is 0 Å².